The molecule has 0 aromatic heterocycles. The van der Waals surface area contributed by atoms with Gasteiger partial charge in [0.05, 0.1) is 17.3 Å². The Kier molecular flexibility index (Phi) is 6.89. The predicted molar refractivity (Wildman–Crippen MR) is 99.5 cm³/mol. The Hall–Kier alpha value is -1.54. The van der Waals surface area contributed by atoms with E-state index < -0.39 is 27.8 Å². The lowest BCUT2D eigenvalue weighted by molar-refractivity contribution is -0.150. The number of carbonyl (C=O) groups excluding carboxylic acids is 2. The number of carbonyl (C=O) groups is 2. The summed E-state index contributed by atoms with van der Waals surface area (Å²) in [4.78, 5) is 23.9. The number of hydrogen-bond acceptors (Lipinski definition) is 6. The van der Waals surface area contributed by atoms with E-state index in [9.17, 15) is 18.0 Å². The quantitative estimate of drug-likeness (QED) is 0.723. The van der Waals surface area contributed by atoms with Gasteiger partial charge in [0.1, 0.15) is 0 Å². The lowest BCUT2D eigenvalue weighted by Crippen LogP contribution is -2.30. The van der Waals surface area contributed by atoms with Crippen molar-refractivity contribution in [3.05, 3.63) is 29.8 Å². The van der Waals surface area contributed by atoms with Crippen molar-refractivity contribution in [3.8, 4) is 0 Å². The van der Waals surface area contributed by atoms with Gasteiger partial charge in [0.25, 0.3) is 5.91 Å². The SMILES string of the molecule is CCc1ccc(NC(=O)[C@@H](C)OC(=O)CS[C@H]2CCS(=O)(=O)C2)cc1. The van der Waals surface area contributed by atoms with Gasteiger partial charge in [-0.05, 0) is 37.5 Å². The Morgan fingerprint density at radius 1 is 1.32 bits per heavy atom. The fourth-order valence-corrected chi connectivity index (χ4v) is 5.85. The minimum absolute atomic E-state index is 0.0446. The Morgan fingerprint density at radius 3 is 2.56 bits per heavy atom. The zero-order valence-electron chi connectivity index (χ0n) is 14.4. The van der Waals surface area contributed by atoms with Crippen LogP contribution in [-0.4, -0.2) is 48.9 Å². The third kappa shape index (κ3) is 6.36. The molecule has 2 atom stereocenters. The van der Waals surface area contributed by atoms with E-state index in [1.54, 1.807) is 0 Å². The van der Waals surface area contributed by atoms with Gasteiger partial charge in [-0.15, -0.1) is 11.8 Å². The van der Waals surface area contributed by atoms with E-state index in [4.69, 9.17) is 4.74 Å². The van der Waals surface area contributed by atoms with Crippen LogP contribution in [0.1, 0.15) is 25.8 Å². The largest absolute Gasteiger partial charge is 0.452 e. The second-order valence-electron chi connectivity index (χ2n) is 6.01. The fraction of sp³-hybridized carbons (Fsp3) is 0.529. The van der Waals surface area contributed by atoms with Gasteiger partial charge in [-0.1, -0.05) is 19.1 Å². The maximum Gasteiger partial charge on any atom is 0.316 e. The lowest BCUT2D eigenvalue weighted by Gasteiger charge is -2.14. The molecular weight excluding hydrogens is 362 g/mol. The second kappa shape index (κ2) is 8.71. The first-order chi connectivity index (χ1) is 11.8. The standard InChI is InChI=1S/C17H23NO5S2/c1-3-13-4-6-14(7-5-13)18-17(20)12(2)23-16(19)10-24-15-8-9-25(21,22)11-15/h4-7,12,15H,3,8-11H2,1-2H3,(H,18,20)/t12-,15+/m1/s1. The van der Waals surface area contributed by atoms with Gasteiger partial charge in [0, 0.05) is 10.9 Å². The van der Waals surface area contributed by atoms with Crippen molar-refractivity contribution in [1.82, 2.24) is 0 Å². The molecule has 1 aromatic carbocycles. The van der Waals surface area contributed by atoms with E-state index in [0.717, 1.165) is 6.42 Å². The van der Waals surface area contributed by atoms with Gasteiger partial charge in [0.15, 0.2) is 15.9 Å². The first kappa shape index (κ1) is 19.8. The molecule has 2 rings (SSSR count). The van der Waals surface area contributed by atoms with Gasteiger partial charge in [-0.3, -0.25) is 9.59 Å². The lowest BCUT2D eigenvalue weighted by atomic mass is 10.1. The molecule has 0 aliphatic carbocycles. The van der Waals surface area contributed by atoms with Crippen LogP contribution in [0, 0.1) is 0 Å². The number of ether oxygens (including phenoxy) is 1. The number of hydrogen-bond donors (Lipinski definition) is 1. The van der Waals surface area contributed by atoms with E-state index in [2.05, 4.69) is 5.32 Å². The normalized spacial score (nSPS) is 20.0. The van der Waals surface area contributed by atoms with Crippen LogP contribution < -0.4 is 5.32 Å². The minimum Gasteiger partial charge on any atom is -0.452 e. The number of anilines is 1. The molecule has 1 amide bonds. The van der Waals surface area contributed by atoms with Gasteiger partial charge >= 0.3 is 5.97 Å². The summed E-state index contributed by atoms with van der Waals surface area (Å²) >= 11 is 1.27. The van der Waals surface area contributed by atoms with Gasteiger partial charge in [-0.2, -0.15) is 0 Å². The molecule has 1 saturated heterocycles. The molecule has 0 spiro atoms. The number of amides is 1. The Balaban J connectivity index is 1.74. The maximum atomic E-state index is 12.1. The van der Waals surface area contributed by atoms with E-state index in [1.165, 1.54) is 24.2 Å². The molecule has 1 N–H and O–H groups in total. The number of aryl methyl sites for hydroxylation is 1. The van der Waals surface area contributed by atoms with Crippen molar-refractivity contribution < 1.29 is 22.7 Å². The third-order valence-corrected chi connectivity index (χ3v) is 7.19. The topological polar surface area (TPSA) is 89.5 Å². The molecule has 1 fully saturated rings. The molecule has 138 valence electrons. The maximum absolute atomic E-state index is 12.1. The number of benzene rings is 1. The molecule has 1 aliphatic rings. The summed E-state index contributed by atoms with van der Waals surface area (Å²) in [6.07, 6.45) is 0.568. The van der Waals surface area contributed by atoms with Crippen LogP contribution in [0.25, 0.3) is 0 Å². The monoisotopic (exact) mass is 385 g/mol. The summed E-state index contributed by atoms with van der Waals surface area (Å²) in [5.41, 5.74) is 1.82. The van der Waals surface area contributed by atoms with Crippen molar-refractivity contribution in [2.24, 2.45) is 0 Å². The molecule has 0 saturated carbocycles. The average Bonchev–Trinajstić information content (AvgIpc) is 2.92. The van der Waals surface area contributed by atoms with Crippen LogP contribution in [0.15, 0.2) is 24.3 Å². The van der Waals surface area contributed by atoms with Crippen LogP contribution in [-0.2, 0) is 30.6 Å². The highest BCUT2D eigenvalue weighted by Crippen LogP contribution is 2.24. The summed E-state index contributed by atoms with van der Waals surface area (Å²) in [6, 6.07) is 7.47. The smallest absolute Gasteiger partial charge is 0.316 e. The van der Waals surface area contributed by atoms with Gasteiger partial charge in [-0.25, -0.2) is 8.42 Å². The molecule has 0 unspecified atom stereocenters. The summed E-state index contributed by atoms with van der Waals surface area (Å²) in [5.74, 6) is -0.586. The Labute approximate surface area is 152 Å². The highest BCUT2D eigenvalue weighted by molar-refractivity contribution is 8.02. The van der Waals surface area contributed by atoms with E-state index >= 15 is 0 Å². The molecular formula is C17H23NO5S2. The zero-order valence-corrected chi connectivity index (χ0v) is 16.0. The van der Waals surface area contributed by atoms with E-state index in [0.29, 0.717) is 12.1 Å². The van der Waals surface area contributed by atoms with Crippen LogP contribution in [0.5, 0.6) is 0 Å². The van der Waals surface area contributed by atoms with Crippen molar-refractivity contribution in [3.63, 3.8) is 0 Å². The molecule has 8 heteroatoms. The number of sulfone groups is 1. The Bertz CT molecular complexity index is 715. The third-order valence-electron chi connectivity index (χ3n) is 3.93. The fourth-order valence-electron chi connectivity index (χ4n) is 2.43. The average molecular weight is 386 g/mol. The first-order valence-electron chi connectivity index (χ1n) is 8.20. The van der Waals surface area contributed by atoms with Crippen molar-refractivity contribution in [2.75, 3.05) is 22.6 Å². The molecule has 6 nitrogen and oxygen atoms in total. The highest BCUT2D eigenvalue weighted by atomic mass is 32.2. The summed E-state index contributed by atoms with van der Waals surface area (Å²) in [7, 11) is -2.96. The number of thioether (sulfide) groups is 1. The minimum atomic E-state index is -2.96. The number of nitrogens with one attached hydrogen (secondary N) is 1. The molecule has 0 radical (unpaired) electrons. The van der Waals surface area contributed by atoms with Crippen LogP contribution in [0.4, 0.5) is 5.69 Å². The molecule has 25 heavy (non-hydrogen) atoms. The van der Waals surface area contributed by atoms with E-state index in [1.807, 2.05) is 31.2 Å². The molecule has 1 heterocycles. The first-order valence-corrected chi connectivity index (χ1v) is 11.1. The number of rotatable bonds is 7. The van der Waals surface area contributed by atoms with Crippen molar-refractivity contribution in [1.29, 1.82) is 0 Å². The Morgan fingerprint density at radius 2 is 2.00 bits per heavy atom. The summed E-state index contributed by atoms with van der Waals surface area (Å²) in [5, 5.41) is 2.63. The summed E-state index contributed by atoms with van der Waals surface area (Å²) < 4.78 is 27.9. The molecule has 0 bridgehead atoms. The second-order valence-corrected chi connectivity index (χ2v) is 9.53. The predicted octanol–water partition coefficient (Wildman–Crippen LogP) is 2.04. The van der Waals surface area contributed by atoms with Crippen molar-refractivity contribution in [2.45, 2.75) is 38.0 Å². The summed E-state index contributed by atoms with van der Waals surface area (Å²) in [6.45, 7) is 3.56. The van der Waals surface area contributed by atoms with Gasteiger partial charge < -0.3 is 10.1 Å². The molecule has 1 aliphatic heterocycles. The van der Waals surface area contributed by atoms with Crippen LogP contribution >= 0.6 is 11.8 Å². The van der Waals surface area contributed by atoms with Crippen molar-refractivity contribution >= 4 is 39.2 Å². The highest BCUT2D eigenvalue weighted by Gasteiger charge is 2.29. The van der Waals surface area contributed by atoms with Gasteiger partial charge in [0.2, 0.25) is 0 Å². The number of esters is 1. The van der Waals surface area contributed by atoms with Crippen LogP contribution in [0.2, 0.25) is 0 Å². The van der Waals surface area contributed by atoms with E-state index in [-0.39, 0.29) is 22.5 Å². The zero-order chi connectivity index (χ0) is 18.4. The van der Waals surface area contributed by atoms with Crippen LogP contribution in [0.3, 0.4) is 0 Å². The molecule has 1 aromatic rings.